The van der Waals surface area contributed by atoms with Crippen LogP contribution in [0.5, 0.6) is 5.88 Å². The summed E-state index contributed by atoms with van der Waals surface area (Å²) >= 11 is 0. The molecule has 0 aliphatic carbocycles. The summed E-state index contributed by atoms with van der Waals surface area (Å²) in [4.78, 5) is 17.6. The molecular formula is C15H24N2O3. The molecule has 5 nitrogen and oxygen atoms in total. The molecule has 0 amide bonds. The quantitative estimate of drug-likeness (QED) is 0.811. The molecule has 0 radical (unpaired) electrons. The molecule has 0 saturated heterocycles. The van der Waals surface area contributed by atoms with E-state index in [1.54, 1.807) is 6.07 Å². The lowest BCUT2D eigenvalue weighted by Crippen LogP contribution is -2.17. The van der Waals surface area contributed by atoms with E-state index in [9.17, 15) is 4.79 Å². The molecule has 0 saturated carbocycles. The summed E-state index contributed by atoms with van der Waals surface area (Å²) in [5, 5.41) is 9.15. The molecule has 0 aliphatic rings. The van der Waals surface area contributed by atoms with Gasteiger partial charge in [0.15, 0.2) is 0 Å². The molecule has 1 heterocycles. The van der Waals surface area contributed by atoms with E-state index in [1.165, 1.54) is 6.07 Å². The number of carbonyl (C=O) groups is 1. The zero-order valence-electron chi connectivity index (χ0n) is 12.9. The maximum absolute atomic E-state index is 11.2. The fourth-order valence-corrected chi connectivity index (χ4v) is 1.64. The number of carboxylic acids is 1. The summed E-state index contributed by atoms with van der Waals surface area (Å²) in [5.74, 6) is -0.579. The van der Waals surface area contributed by atoms with Crippen molar-refractivity contribution in [3.8, 4) is 5.88 Å². The van der Waals surface area contributed by atoms with Crippen LogP contribution >= 0.6 is 0 Å². The first-order valence-electron chi connectivity index (χ1n) is 6.73. The second kappa shape index (κ2) is 6.70. The van der Waals surface area contributed by atoms with E-state index >= 15 is 0 Å². The topological polar surface area (TPSA) is 62.7 Å². The van der Waals surface area contributed by atoms with Gasteiger partial charge < -0.3 is 14.7 Å². The number of pyridine rings is 1. The Morgan fingerprint density at radius 3 is 2.50 bits per heavy atom. The minimum atomic E-state index is -0.962. The zero-order chi connectivity index (χ0) is 15.3. The SMILES string of the molecule is CN(C)CCCOc1cc(C(=O)O)cc(C(C)(C)C)n1. The van der Waals surface area contributed by atoms with Crippen LogP contribution in [-0.4, -0.2) is 48.2 Å². The Hall–Kier alpha value is -1.62. The van der Waals surface area contributed by atoms with Gasteiger partial charge in [0.25, 0.3) is 0 Å². The van der Waals surface area contributed by atoms with Gasteiger partial charge in [-0.25, -0.2) is 9.78 Å². The highest BCUT2D eigenvalue weighted by atomic mass is 16.5. The summed E-state index contributed by atoms with van der Waals surface area (Å²) in [6, 6.07) is 3.09. The van der Waals surface area contributed by atoms with E-state index in [0.29, 0.717) is 12.5 Å². The van der Waals surface area contributed by atoms with Crippen molar-refractivity contribution in [2.24, 2.45) is 0 Å². The molecule has 1 aromatic rings. The van der Waals surface area contributed by atoms with E-state index in [2.05, 4.69) is 9.88 Å². The van der Waals surface area contributed by atoms with Gasteiger partial charge in [-0.2, -0.15) is 0 Å². The molecular weight excluding hydrogens is 256 g/mol. The smallest absolute Gasteiger partial charge is 0.335 e. The third kappa shape index (κ3) is 5.17. The molecule has 1 N–H and O–H groups in total. The lowest BCUT2D eigenvalue weighted by Gasteiger charge is -2.19. The number of carboxylic acid groups (broad SMARTS) is 1. The zero-order valence-corrected chi connectivity index (χ0v) is 12.9. The third-order valence-electron chi connectivity index (χ3n) is 2.82. The summed E-state index contributed by atoms with van der Waals surface area (Å²) in [6.07, 6.45) is 0.872. The molecule has 5 heteroatoms. The van der Waals surface area contributed by atoms with Gasteiger partial charge >= 0.3 is 5.97 Å². The van der Waals surface area contributed by atoms with E-state index in [1.807, 2.05) is 34.9 Å². The summed E-state index contributed by atoms with van der Waals surface area (Å²) < 4.78 is 5.58. The van der Waals surface area contributed by atoms with Crippen LogP contribution in [-0.2, 0) is 5.41 Å². The molecule has 1 aromatic heterocycles. The number of hydrogen-bond donors (Lipinski definition) is 1. The van der Waals surface area contributed by atoms with Crippen molar-refractivity contribution in [2.45, 2.75) is 32.6 Å². The number of rotatable bonds is 6. The van der Waals surface area contributed by atoms with Gasteiger partial charge in [-0.05, 0) is 26.6 Å². The fourth-order valence-electron chi connectivity index (χ4n) is 1.64. The molecule has 0 fully saturated rings. The monoisotopic (exact) mass is 280 g/mol. The normalized spacial score (nSPS) is 11.7. The van der Waals surface area contributed by atoms with Gasteiger partial charge in [-0.1, -0.05) is 20.8 Å². The average molecular weight is 280 g/mol. The molecule has 0 aliphatic heterocycles. The van der Waals surface area contributed by atoms with Gasteiger partial charge in [-0.15, -0.1) is 0 Å². The Labute approximate surface area is 120 Å². The Morgan fingerprint density at radius 2 is 2.00 bits per heavy atom. The third-order valence-corrected chi connectivity index (χ3v) is 2.82. The first-order valence-corrected chi connectivity index (χ1v) is 6.73. The number of hydrogen-bond acceptors (Lipinski definition) is 4. The van der Waals surface area contributed by atoms with Crippen LogP contribution in [0.4, 0.5) is 0 Å². The van der Waals surface area contributed by atoms with Crippen molar-refractivity contribution in [3.63, 3.8) is 0 Å². The number of aromatic nitrogens is 1. The second-order valence-electron chi connectivity index (χ2n) is 6.14. The maximum Gasteiger partial charge on any atom is 0.335 e. The predicted molar refractivity (Wildman–Crippen MR) is 78.6 cm³/mol. The van der Waals surface area contributed by atoms with Crippen LogP contribution in [0.3, 0.4) is 0 Å². The van der Waals surface area contributed by atoms with Crippen LogP contribution in [0.1, 0.15) is 43.2 Å². The van der Waals surface area contributed by atoms with Crippen molar-refractivity contribution in [2.75, 3.05) is 27.2 Å². The van der Waals surface area contributed by atoms with Crippen LogP contribution in [0.15, 0.2) is 12.1 Å². The Morgan fingerprint density at radius 1 is 1.35 bits per heavy atom. The Balaban J connectivity index is 2.84. The lowest BCUT2D eigenvalue weighted by atomic mass is 9.91. The minimum absolute atomic E-state index is 0.215. The standard InChI is InChI=1S/C15H24N2O3/c1-15(2,3)12-9-11(14(18)19)10-13(16-12)20-8-6-7-17(4)5/h9-10H,6-8H2,1-5H3,(H,18,19). The molecule has 1 rings (SSSR count). The van der Waals surface area contributed by atoms with Crippen molar-refractivity contribution in [1.82, 2.24) is 9.88 Å². The van der Waals surface area contributed by atoms with Gasteiger partial charge in [0.2, 0.25) is 5.88 Å². The molecule has 20 heavy (non-hydrogen) atoms. The molecule has 0 unspecified atom stereocenters. The largest absolute Gasteiger partial charge is 0.478 e. The molecule has 0 atom stereocenters. The maximum atomic E-state index is 11.2. The molecule has 0 bridgehead atoms. The fraction of sp³-hybridized carbons (Fsp3) is 0.600. The molecule has 0 spiro atoms. The van der Waals surface area contributed by atoms with Gasteiger partial charge in [0.1, 0.15) is 0 Å². The first-order chi connectivity index (χ1) is 9.20. The minimum Gasteiger partial charge on any atom is -0.478 e. The van der Waals surface area contributed by atoms with Gasteiger partial charge in [0.05, 0.1) is 17.9 Å². The van der Waals surface area contributed by atoms with Crippen LogP contribution in [0, 0.1) is 0 Å². The highest BCUT2D eigenvalue weighted by Crippen LogP contribution is 2.24. The van der Waals surface area contributed by atoms with E-state index < -0.39 is 5.97 Å². The van der Waals surface area contributed by atoms with Crippen LogP contribution in [0.2, 0.25) is 0 Å². The first kappa shape index (κ1) is 16.4. The van der Waals surface area contributed by atoms with Gasteiger partial charge in [-0.3, -0.25) is 0 Å². The van der Waals surface area contributed by atoms with E-state index in [0.717, 1.165) is 18.7 Å². The number of nitrogens with zero attached hydrogens (tertiary/aromatic N) is 2. The van der Waals surface area contributed by atoms with Crippen molar-refractivity contribution in [3.05, 3.63) is 23.4 Å². The highest BCUT2D eigenvalue weighted by Gasteiger charge is 2.19. The van der Waals surface area contributed by atoms with Crippen LogP contribution in [0.25, 0.3) is 0 Å². The lowest BCUT2D eigenvalue weighted by molar-refractivity contribution is 0.0696. The Bertz CT molecular complexity index is 465. The van der Waals surface area contributed by atoms with Crippen molar-refractivity contribution >= 4 is 5.97 Å². The summed E-state index contributed by atoms with van der Waals surface area (Å²) in [7, 11) is 4.00. The predicted octanol–water partition coefficient (Wildman–Crippen LogP) is 2.41. The van der Waals surface area contributed by atoms with E-state index in [4.69, 9.17) is 9.84 Å². The van der Waals surface area contributed by atoms with Crippen molar-refractivity contribution in [1.29, 1.82) is 0 Å². The van der Waals surface area contributed by atoms with Crippen molar-refractivity contribution < 1.29 is 14.6 Å². The summed E-state index contributed by atoms with van der Waals surface area (Å²) in [5.41, 5.74) is 0.722. The molecule has 0 aromatic carbocycles. The number of aromatic carboxylic acids is 1. The second-order valence-corrected chi connectivity index (χ2v) is 6.14. The Kier molecular flexibility index (Phi) is 5.51. The highest BCUT2D eigenvalue weighted by molar-refractivity contribution is 5.88. The molecule has 112 valence electrons. The van der Waals surface area contributed by atoms with Crippen LogP contribution < -0.4 is 4.74 Å². The summed E-state index contributed by atoms with van der Waals surface area (Å²) in [6.45, 7) is 7.44. The number of ether oxygens (including phenoxy) is 1. The average Bonchev–Trinajstić information content (AvgIpc) is 2.33. The van der Waals surface area contributed by atoms with E-state index in [-0.39, 0.29) is 11.0 Å². The van der Waals surface area contributed by atoms with Gasteiger partial charge in [0, 0.05) is 18.0 Å².